The molecule has 1 N–H and O–H groups in total. The fraction of sp³-hybridized carbons (Fsp3) is 0.533. The summed E-state index contributed by atoms with van der Waals surface area (Å²) in [6.45, 7) is 0. The molecule has 2 nitrogen and oxygen atoms in total. The Morgan fingerprint density at radius 1 is 1.26 bits per heavy atom. The number of nitrogens with zero attached hydrogens (tertiary/aromatic N) is 1. The quantitative estimate of drug-likeness (QED) is 0.835. The summed E-state index contributed by atoms with van der Waals surface area (Å²) >= 11 is 5.73. The van der Waals surface area contributed by atoms with E-state index in [9.17, 15) is 9.65 Å². The van der Waals surface area contributed by atoms with Gasteiger partial charge in [-0.3, -0.25) is 5.32 Å². The fourth-order valence-electron chi connectivity index (χ4n) is 2.61. The van der Waals surface area contributed by atoms with E-state index in [-0.39, 0.29) is 0 Å². The number of rotatable bonds is 3. The fourth-order valence-corrected chi connectivity index (χ4v) is 2.77. The van der Waals surface area contributed by atoms with E-state index in [4.69, 9.17) is 11.6 Å². The van der Waals surface area contributed by atoms with Gasteiger partial charge in [0.15, 0.2) is 0 Å². The first-order valence-corrected chi connectivity index (χ1v) is 7.19. The molecule has 0 saturated heterocycles. The number of hydrogen-bond acceptors (Lipinski definition) is 2. The molecule has 1 aromatic rings. The highest BCUT2D eigenvalue weighted by molar-refractivity contribution is 6.30. The summed E-state index contributed by atoms with van der Waals surface area (Å²) in [5.41, 5.74) is 0.385. The maximum absolute atomic E-state index is 13.8. The van der Waals surface area contributed by atoms with Crippen LogP contribution in [0.2, 0.25) is 5.02 Å². The third kappa shape index (κ3) is 3.92. The zero-order chi connectivity index (χ0) is 13.7. The van der Waals surface area contributed by atoms with Crippen molar-refractivity contribution in [3.8, 4) is 6.07 Å². The van der Waals surface area contributed by atoms with Gasteiger partial charge in [0.05, 0.1) is 6.07 Å². The molecule has 1 fully saturated rings. The van der Waals surface area contributed by atoms with Gasteiger partial charge in [0.25, 0.3) is 0 Å². The third-order valence-corrected chi connectivity index (χ3v) is 3.90. The van der Waals surface area contributed by atoms with Crippen LogP contribution in [0, 0.1) is 17.1 Å². The van der Waals surface area contributed by atoms with Gasteiger partial charge in [-0.05, 0) is 25.0 Å². The van der Waals surface area contributed by atoms with Crippen LogP contribution in [-0.2, 0) is 0 Å². The van der Waals surface area contributed by atoms with Gasteiger partial charge in [-0.1, -0.05) is 43.4 Å². The second-order valence-electron chi connectivity index (χ2n) is 5.08. The lowest BCUT2D eigenvalue weighted by Crippen LogP contribution is -2.32. The second kappa shape index (κ2) is 6.88. The van der Waals surface area contributed by atoms with Gasteiger partial charge in [-0.2, -0.15) is 5.26 Å². The maximum atomic E-state index is 13.8. The molecule has 1 atom stereocenters. The van der Waals surface area contributed by atoms with Crippen molar-refractivity contribution >= 4 is 11.6 Å². The smallest absolute Gasteiger partial charge is 0.130 e. The molecule has 1 aliphatic rings. The van der Waals surface area contributed by atoms with E-state index in [1.165, 1.54) is 31.7 Å². The molecule has 1 aliphatic carbocycles. The molecule has 1 unspecified atom stereocenters. The predicted octanol–water partition coefficient (Wildman–Crippen LogP) is 4.36. The molecule has 0 heterocycles. The Morgan fingerprint density at radius 2 is 1.95 bits per heavy atom. The van der Waals surface area contributed by atoms with E-state index in [1.807, 2.05) is 0 Å². The van der Waals surface area contributed by atoms with Crippen molar-refractivity contribution in [2.45, 2.75) is 50.6 Å². The summed E-state index contributed by atoms with van der Waals surface area (Å²) < 4.78 is 13.8. The van der Waals surface area contributed by atoms with Crippen LogP contribution >= 0.6 is 11.6 Å². The van der Waals surface area contributed by atoms with Gasteiger partial charge >= 0.3 is 0 Å². The summed E-state index contributed by atoms with van der Waals surface area (Å²) in [6.07, 6.45) is 6.99. The standard InChI is InChI=1S/C15H18ClFN2/c16-11-7-8-13(14(17)9-11)15(10-18)19-12-5-3-1-2-4-6-12/h7-9,12,15,19H,1-6H2. The van der Waals surface area contributed by atoms with Crippen LogP contribution in [0.1, 0.15) is 50.1 Å². The topological polar surface area (TPSA) is 35.8 Å². The van der Waals surface area contributed by atoms with E-state index in [1.54, 1.807) is 12.1 Å². The molecule has 0 amide bonds. The maximum Gasteiger partial charge on any atom is 0.130 e. The zero-order valence-electron chi connectivity index (χ0n) is 10.8. The van der Waals surface area contributed by atoms with Crippen molar-refractivity contribution in [3.63, 3.8) is 0 Å². The van der Waals surface area contributed by atoms with Gasteiger partial charge in [-0.15, -0.1) is 0 Å². The molecule has 1 saturated carbocycles. The van der Waals surface area contributed by atoms with Crippen LogP contribution < -0.4 is 5.32 Å². The minimum atomic E-state index is -0.597. The summed E-state index contributed by atoms with van der Waals surface area (Å²) in [5, 5.41) is 12.9. The van der Waals surface area contributed by atoms with Gasteiger partial charge in [0.1, 0.15) is 11.9 Å². The Morgan fingerprint density at radius 3 is 2.53 bits per heavy atom. The average Bonchev–Trinajstić information content (AvgIpc) is 2.65. The molecule has 0 bridgehead atoms. The number of halogens is 2. The van der Waals surface area contributed by atoms with Crippen LogP contribution in [-0.4, -0.2) is 6.04 Å². The third-order valence-electron chi connectivity index (χ3n) is 3.66. The highest BCUT2D eigenvalue weighted by Crippen LogP contribution is 2.24. The summed E-state index contributed by atoms with van der Waals surface area (Å²) in [6, 6.07) is 6.34. The lowest BCUT2D eigenvalue weighted by Gasteiger charge is -2.21. The Bertz CT molecular complexity index is 462. The van der Waals surface area contributed by atoms with Gasteiger partial charge in [0.2, 0.25) is 0 Å². The molecule has 0 radical (unpaired) electrons. The highest BCUT2D eigenvalue weighted by Gasteiger charge is 2.20. The minimum Gasteiger partial charge on any atom is -0.295 e. The average molecular weight is 281 g/mol. The van der Waals surface area contributed by atoms with Crippen molar-refractivity contribution in [3.05, 3.63) is 34.6 Å². The van der Waals surface area contributed by atoms with Crippen molar-refractivity contribution in [2.24, 2.45) is 0 Å². The SMILES string of the molecule is N#CC(NC1CCCCCC1)c1ccc(Cl)cc1F. The molecule has 19 heavy (non-hydrogen) atoms. The molecule has 102 valence electrons. The molecule has 0 aliphatic heterocycles. The van der Waals surface area contributed by atoms with Gasteiger partial charge in [0, 0.05) is 16.6 Å². The normalized spacial score (nSPS) is 18.6. The largest absolute Gasteiger partial charge is 0.295 e. The monoisotopic (exact) mass is 280 g/mol. The minimum absolute atomic E-state index is 0.308. The van der Waals surface area contributed by atoms with Gasteiger partial charge < -0.3 is 0 Å². The zero-order valence-corrected chi connectivity index (χ0v) is 11.6. The first-order valence-electron chi connectivity index (χ1n) is 6.81. The van der Waals surface area contributed by atoms with Crippen LogP contribution in [0.25, 0.3) is 0 Å². The summed E-state index contributed by atoms with van der Waals surface area (Å²) in [7, 11) is 0. The van der Waals surface area contributed by atoms with Crippen LogP contribution in [0.3, 0.4) is 0 Å². The van der Waals surface area contributed by atoms with Crippen molar-refractivity contribution in [1.29, 1.82) is 5.26 Å². The number of nitriles is 1. The summed E-state index contributed by atoms with van der Waals surface area (Å²) in [4.78, 5) is 0. The van der Waals surface area contributed by atoms with E-state index >= 15 is 0 Å². The van der Waals surface area contributed by atoms with E-state index in [0.29, 0.717) is 16.6 Å². The molecule has 1 aromatic carbocycles. The number of hydrogen-bond donors (Lipinski definition) is 1. The molecule has 0 spiro atoms. The summed E-state index contributed by atoms with van der Waals surface area (Å²) in [5.74, 6) is -0.417. The molecule has 4 heteroatoms. The Kier molecular flexibility index (Phi) is 5.18. The Hall–Kier alpha value is -1.11. The lowest BCUT2D eigenvalue weighted by molar-refractivity contribution is 0.429. The second-order valence-corrected chi connectivity index (χ2v) is 5.52. The first-order chi connectivity index (χ1) is 9.20. The van der Waals surface area contributed by atoms with Crippen LogP contribution in [0.15, 0.2) is 18.2 Å². The highest BCUT2D eigenvalue weighted by atomic mass is 35.5. The van der Waals surface area contributed by atoms with Crippen molar-refractivity contribution < 1.29 is 4.39 Å². The number of benzene rings is 1. The lowest BCUT2D eigenvalue weighted by atomic mass is 10.0. The Balaban J connectivity index is 2.09. The van der Waals surface area contributed by atoms with Crippen molar-refractivity contribution in [2.75, 3.05) is 0 Å². The van der Waals surface area contributed by atoms with E-state index in [2.05, 4.69) is 11.4 Å². The van der Waals surface area contributed by atoms with Crippen LogP contribution in [0.5, 0.6) is 0 Å². The van der Waals surface area contributed by atoms with E-state index in [0.717, 1.165) is 12.8 Å². The van der Waals surface area contributed by atoms with Gasteiger partial charge in [-0.25, -0.2) is 4.39 Å². The van der Waals surface area contributed by atoms with Crippen molar-refractivity contribution in [1.82, 2.24) is 5.32 Å². The van der Waals surface area contributed by atoms with Crippen LogP contribution in [0.4, 0.5) is 4.39 Å². The molecule has 2 rings (SSSR count). The molecular weight excluding hydrogens is 263 g/mol. The predicted molar refractivity (Wildman–Crippen MR) is 74.4 cm³/mol. The van der Waals surface area contributed by atoms with E-state index < -0.39 is 11.9 Å². The Labute approximate surface area is 118 Å². The first kappa shape index (κ1) is 14.3. The molecular formula is C15H18ClFN2. The number of nitrogens with one attached hydrogen (secondary N) is 1. The molecule has 0 aromatic heterocycles.